The van der Waals surface area contributed by atoms with Crippen molar-refractivity contribution in [1.82, 2.24) is 0 Å². The molecule has 158 valence electrons. The molecule has 3 N–H and O–H groups in total. The van der Waals surface area contributed by atoms with E-state index in [9.17, 15) is 9.59 Å². The molecule has 6 nitrogen and oxygen atoms in total. The fraction of sp³-hybridized carbons (Fsp3) is 0.391. The molecule has 0 radical (unpaired) electrons. The van der Waals surface area contributed by atoms with Crippen LogP contribution in [-0.4, -0.2) is 33.9 Å². The lowest BCUT2D eigenvalue weighted by atomic mass is 10.1. The third-order valence-electron chi connectivity index (χ3n) is 4.22. The maximum Gasteiger partial charge on any atom is 0.339 e. The number of carboxylic acid groups (broad SMARTS) is 1. The molecule has 0 saturated heterocycles. The number of unbranched alkanes of at least 4 members (excludes halogenated alkanes) is 6. The molecule has 0 unspecified atom stereocenters. The number of hydrogen-bond donors (Lipinski definition) is 3. The van der Waals surface area contributed by atoms with Gasteiger partial charge in [0.1, 0.15) is 17.1 Å². The van der Waals surface area contributed by atoms with Gasteiger partial charge >= 0.3 is 11.9 Å². The van der Waals surface area contributed by atoms with Crippen molar-refractivity contribution in [1.29, 1.82) is 0 Å². The second kappa shape index (κ2) is 14.0. The van der Waals surface area contributed by atoms with Gasteiger partial charge in [-0.25, -0.2) is 9.59 Å². The van der Waals surface area contributed by atoms with Crippen LogP contribution in [0.2, 0.25) is 0 Å². The van der Waals surface area contributed by atoms with Crippen molar-refractivity contribution in [2.75, 3.05) is 6.61 Å². The molecule has 2 aromatic rings. The van der Waals surface area contributed by atoms with Gasteiger partial charge in [-0.1, -0.05) is 57.6 Å². The van der Waals surface area contributed by atoms with Gasteiger partial charge in [0, 0.05) is 0 Å². The molecule has 0 atom stereocenters. The van der Waals surface area contributed by atoms with Crippen molar-refractivity contribution in [3.05, 3.63) is 59.7 Å². The molecule has 0 aromatic heterocycles. The van der Waals surface area contributed by atoms with Crippen molar-refractivity contribution >= 4 is 11.9 Å². The van der Waals surface area contributed by atoms with Crippen molar-refractivity contribution in [2.24, 2.45) is 0 Å². The third kappa shape index (κ3) is 10.2. The minimum atomic E-state index is -1.11. The number of carboxylic acids is 1. The number of hydrogen-bond acceptors (Lipinski definition) is 5. The van der Waals surface area contributed by atoms with Crippen molar-refractivity contribution in [3.63, 3.8) is 0 Å². The summed E-state index contributed by atoms with van der Waals surface area (Å²) in [5, 5.41) is 26.4. The van der Waals surface area contributed by atoms with E-state index in [2.05, 4.69) is 6.92 Å². The van der Waals surface area contributed by atoms with E-state index in [1.165, 1.54) is 56.4 Å². The number of carbonyl (C=O) groups is 2. The third-order valence-corrected chi connectivity index (χ3v) is 4.22. The number of para-hydroxylation sites is 1. The molecular weight excluding hydrogens is 372 g/mol. The van der Waals surface area contributed by atoms with Crippen LogP contribution >= 0.6 is 0 Å². The molecule has 2 aromatic carbocycles. The zero-order chi connectivity index (χ0) is 21.5. The number of aromatic carboxylic acids is 1. The van der Waals surface area contributed by atoms with E-state index >= 15 is 0 Å². The summed E-state index contributed by atoms with van der Waals surface area (Å²) in [5.41, 5.74) is 0.420. The van der Waals surface area contributed by atoms with Crippen LogP contribution in [0.25, 0.3) is 0 Å². The van der Waals surface area contributed by atoms with Gasteiger partial charge in [-0.05, 0) is 42.8 Å². The Labute approximate surface area is 171 Å². The van der Waals surface area contributed by atoms with E-state index < -0.39 is 5.97 Å². The van der Waals surface area contributed by atoms with Gasteiger partial charge in [0.2, 0.25) is 0 Å². The number of phenolic OH excluding ortho intramolecular Hbond substituents is 1. The Balaban J connectivity index is 0.000000352. The number of benzene rings is 2. The average Bonchev–Trinajstić information content (AvgIpc) is 2.71. The number of rotatable bonds is 10. The highest BCUT2D eigenvalue weighted by atomic mass is 16.5. The Morgan fingerprint density at radius 3 is 1.97 bits per heavy atom. The predicted octanol–water partition coefficient (Wildman–Crippen LogP) is 5.39. The highest BCUT2D eigenvalue weighted by molar-refractivity contribution is 5.90. The van der Waals surface area contributed by atoms with E-state index in [-0.39, 0.29) is 23.0 Å². The molecule has 0 aliphatic heterocycles. The second-order valence-electron chi connectivity index (χ2n) is 6.63. The first-order valence-electron chi connectivity index (χ1n) is 9.93. The van der Waals surface area contributed by atoms with Gasteiger partial charge in [-0.15, -0.1) is 0 Å². The molecule has 0 amide bonds. The molecule has 2 rings (SSSR count). The minimum Gasteiger partial charge on any atom is -0.508 e. The summed E-state index contributed by atoms with van der Waals surface area (Å²) in [6.45, 7) is 2.69. The van der Waals surface area contributed by atoms with Crippen molar-refractivity contribution in [2.45, 2.75) is 51.9 Å². The molecule has 0 aliphatic rings. The Hall–Kier alpha value is -3.02. The average molecular weight is 402 g/mol. The second-order valence-corrected chi connectivity index (χ2v) is 6.63. The summed E-state index contributed by atoms with van der Waals surface area (Å²) in [6.07, 6.45) is 8.43. The molecular formula is C23H30O6. The van der Waals surface area contributed by atoms with E-state index in [0.29, 0.717) is 12.2 Å². The number of esters is 1. The number of carbonyl (C=O) groups excluding carboxylic acids is 1. The topological polar surface area (TPSA) is 104 Å². The van der Waals surface area contributed by atoms with E-state index in [1.54, 1.807) is 24.3 Å². The lowest BCUT2D eigenvalue weighted by Crippen LogP contribution is -2.06. The standard InChI is InChI=1S/C16H24O3.C7H6O3/c1-2-3-4-5-6-7-8-13-19-16(18)14-9-11-15(17)12-10-14;8-6-4-2-1-3-5(6)7(9)10/h9-12,17H,2-8,13H2,1H3;1-4,8H,(H,9,10). The van der Waals surface area contributed by atoms with Gasteiger partial charge in [-0.2, -0.15) is 0 Å². The van der Waals surface area contributed by atoms with Crippen LogP contribution in [0, 0.1) is 0 Å². The maximum atomic E-state index is 11.6. The molecule has 0 bridgehead atoms. The van der Waals surface area contributed by atoms with Gasteiger partial charge in [0.15, 0.2) is 0 Å². The Morgan fingerprint density at radius 1 is 0.828 bits per heavy atom. The summed E-state index contributed by atoms with van der Waals surface area (Å²) in [4.78, 5) is 21.9. The van der Waals surface area contributed by atoms with Crippen LogP contribution in [0.5, 0.6) is 11.5 Å². The normalized spacial score (nSPS) is 9.97. The molecule has 0 aliphatic carbocycles. The maximum absolute atomic E-state index is 11.6. The summed E-state index contributed by atoms with van der Waals surface area (Å²) >= 11 is 0. The predicted molar refractivity (Wildman–Crippen MR) is 111 cm³/mol. The fourth-order valence-corrected chi connectivity index (χ4v) is 2.56. The first kappa shape index (κ1) is 24.0. The van der Waals surface area contributed by atoms with Crippen molar-refractivity contribution in [3.8, 4) is 11.5 Å². The van der Waals surface area contributed by atoms with E-state index in [1.807, 2.05) is 0 Å². The highest BCUT2D eigenvalue weighted by Gasteiger charge is 2.06. The molecule has 0 saturated carbocycles. The van der Waals surface area contributed by atoms with Crippen LogP contribution in [0.3, 0.4) is 0 Å². The van der Waals surface area contributed by atoms with E-state index in [0.717, 1.165) is 12.8 Å². The van der Waals surface area contributed by atoms with Crippen LogP contribution in [0.15, 0.2) is 48.5 Å². The molecule has 6 heteroatoms. The first-order chi connectivity index (χ1) is 14.0. The van der Waals surface area contributed by atoms with Gasteiger partial charge < -0.3 is 20.1 Å². The van der Waals surface area contributed by atoms with E-state index in [4.69, 9.17) is 20.1 Å². The zero-order valence-corrected chi connectivity index (χ0v) is 16.8. The zero-order valence-electron chi connectivity index (χ0n) is 16.8. The van der Waals surface area contributed by atoms with Gasteiger partial charge in [-0.3, -0.25) is 0 Å². The molecule has 29 heavy (non-hydrogen) atoms. The Morgan fingerprint density at radius 2 is 1.41 bits per heavy atom. The first-order valence-corrected chi connectivity index (χ1v) is 9.93. The summed E-state index contributed by atoms with van der Waals surface area (Å²) in [6, 6.07) is 11.9. The van der Waals surface area contributed by atoms with Crippen LogP contribution in [-0.2, 0) is 4.74 Å². The SMILES string of the molecule is CCCCCCCCCOC(=O)c1ccc(O)cc1.O=C(O)c1ccccc1O. The number of ether oxygens (including phenoxy) is 1. The van der Waals surface area contributed by atoms with Crippen molar-refractivity contribution < 1.29 is 29.6 Å². The lowest BCUT2D eigenvalue weighted by Gasteiger charge is -2.05. The largest absolute Gasteiger partial charge is 0.508 e. The quantitative estimate of drug-likeness (QED) is 0.363. The lowest BCUT2D eigenvalue weighted by molar-refractivity contribution is 0.0497. The van der Waals surface area contributed by atoms with Gasteiger partial charge in [0.25, 0.3) is 0 Å². The molecule has 0 spiro atoms. The Bertz CT molecular complexity index is 739. The number of aromatic hydroxyl groups is 2. The highest BCUT2D eigenvalue weighted by Crippen LogP contribution is 2.14. The number of phenols is 2. The van der Waals surface area contributed by atoms with Gasteiger partial charge in [0.05, 0.1) is 12.2 Å². The van der Waals surface area contributed by atoms with Crippen LogP contribution in [0.1, 0.15) is 72.6 Å². The minimum absolute atomic E-state index is 0.0671. The summed E-state index contributed by atoms with van der Waals surface area (Å²) in [5.74, 6) is -1.47. The molecule has 0 heterocycles. The monoisotopic (exact) mass is 402 g/mol. The van der Waals surface area contributed by atoms with Crippen LogP contribution < -0.4 is 0 Å². The summed E-state index contributed by atoms with van der Waals surface area (Å²) < 4.78 is 5.18. The summed E-state index contributed by atoms with van der Waals surface area (Å²) in [7, 11) is 0. The molecule has 0 fully saturated rings. The fourth-order valence-electron chi connectivity index (χ4n) is 2.56. The van der Waals surface area contributed by atoms with Crippen LogP contribution in [0.4, 0.5) is 0 Å². The Kier molecular flexibility index (Phi) is 11.6. The smallest absolute Gasteiger partial charge is 0.339 e.